The summed E-state index contributed by atoms with van der Waals surface area (Å²) in [6.07, 6.45) is 1.17. The van der Waals surface area contributed by atoms with Crippen LogP contribution >= 0.6 is 11.6 Å². The van der Waals surface area contributed by atoms with Crippen molar-refractivity contribution < 1.29 is 13.2 Å². The van der Waals surface area contributed by atoms with E-state index in [1.807, 2.05) is 0 Å². The van der Waals surface area contributed by atoms with E-state index in [2.05, 4.69) is 4.98 Å². The van der Waals surface area contributed by atoms with Crippen LogP contribution < -0.4 is 14.8 Å². The first-order valence-electron chi connectivity index (χ1n) is 5.91. The number of pyridine rings is 1. The number of hydrogen-bond donors (Lipinski definition) is 1. The van der Waals surface area contributed by atoms with Gasteiger partial charge in [0.2, 0.25) is 0 Å². The van der Waals surface area contributed by atoms with Crippen LogP contribution in [-0.2, 0) is 10.0 Å². The van der Waals surface area contributed by atoms with Gasteiger partial charge in [-0.15, -0.1) is 0 Å². The minimum atomic E-state index is -3.81. The molecule has 0 aliphatic heterocycles. The molecule has 0 saturated heterocycles. The SMILES string of the molecule is COc1ccccc1N(C)S(=O)(=O)c1cnc(N)c(Cl)c1. The highest BCUT2D eigenvalue weighted by Gasteiger charge is 2.24. The number of aromatic nitrogens is 1. The molecule has 0 radical (unpaired) electrons. The predicted octanol–water partition coefficient (Wildman–Crippen LogP) is 2.15. The van der Waals surface area contributed by atoms with Gasteiger partial charge in [0.05, 0.1) is 17.8 Å². The molecule has 0 spiro atoms. The highest BCUT2D eigenvalue weighted by atomic mass is 35.5. The van der Waals surface area contributed by atoms with E-state index in [9.17, 15) is 8.42 Å². The van der Waals surface area contributed by atoms with Gasteiger partial charge in [-0.25, -0.2) is 13.4 Å². The van der Waals surface area contributed by atoms with Gasteiger partial charge in [-0.3, -0.25) is 4.31 Å². The van der Waals surface area contributed by atoms with Crippen LogP contribution in [0.2, 0.25) is 5.02 Å². The number of nitrogens with two attached hydrogens (primary N) is 1. The predicted molar refractivity (Wildman–Crippen MR) is 82.2 cm³/mol. The fraction of sp³-hybridized carbons (Fsp3) is 0.154. The number of para-hydroxylation sites is 2. The molecular formula is C13H14ClN3O3S. The lowest BCUT2D eigenvalue weighted by atomic mass is 10.3. The average molecular weight is 328 g/mol. The van der Waals surface area contributed by atoms with Crippen molar-refractivity contribution in [3.8, 4) is 5.75 Å². The molecule has 6 nitrogen and oxygen atoms in total. The number of ether oxygens (including phenoxy) is 1. The lowest BCUT2D eigenvalue weighted by Crippen LogP contribution is -2.27. The number of methoxy groups -OCH3 is 1. The van der Waals surface area contributed by atoms with Crippen LogP contribution in [0.25, 0.3) is 0 Å². The number of nitrogen functional groups attached to an aromatic ring is 1. The Kier molecular flexibility index (Phi) is 4.24. The van der Waals surface area contributed by atoms with E-state index in [4.69, 9.17) is 22.1 Å². The van der Waals surface area contributed by atoms with Crippen molar-refractivity contribution in [2.45, 2.75) is 4.90 Å². The first kappa shape index (κ1) is 15.4. The van der Waals surface area contributed by atoms with Gasteiger partial charge < -0.3 is 10.5 Å². The van der Waals surface area contributed by atoms with Gasteiger partial charge in [0.1, 0.15) is 16.5 Å². The first-order valence-corrected chi connectivity index (χ1v) is 7.72. The van der Waals surface area contributed by atoms with Crippen molar-refractivity contribution in [2.75, 3.05) is 24.2 Å². The molecule has 1 heterocycles. The zero-order valence-corrected chi connectivity index (χ0v) is 13.0. The zero-order valence-electron chi connectivity index (χ0n) is 11.4. The molecule has 0 fully saturated rings. The molecule has 0 amide bonds. The van der Waals surface area contributed by atoms with Gasteiger partial charge in [0.25, 0.3) is 10.0 Å². The maximum Gasteiger partial charge on any atom is 0.265 e. The van der Waals surface area contributed by atoms with Crippen molar-refractivity contribution in [3.63, 3.8) is 0 Å². The number of rotatable bonds is 4. The van der Waals surface area contributed by atoms with Gasteiger partial charge in [-0.05, 0) is 18.2 Å². The Labute approximate surface area is 128 Å². The maximum absolute atomic E-state index is 12.6. The third-order valence-corrected chi connectivity index (χ3v) is 4.97. The molecule has 112 valence electrons. The Morgan fingerprint density at radius 2 is 2.00 bits per heavy atom. The fourth-order valence-electron chi connectivity index (χ4n) is 1.75. The molecule has 1 aromatic carbocycles. The topological polar surface area (TPSA) is 85.5 Å². The van der Waals surface area contributed by atoms with Gasteiger partial charge in [0, 0.05) is 13.2 Å². The van der Waals surface area contributed by atoms with Crippen LogP contribution in [-0.4, -0.2) is 27.6 Å². The Morgan fingerprint density at radius 3 is 2.62 bits per heavy atom. The fourth-order valence-corrected chi connectivity index (χ4v) is 3.16. The monoisotopic (exact) mass is 327 g/mol. The molecule has 0 atom stereocenters. The van der Waals surface area contributed by atoms with Crippen molar-refractivity contribution in [2.24, 2.45) is 0 Å². The largest absolute Gasteiger partial charge is 0.495 e. The second-order valence-corrected chi connectivity index (χ2v) is 6.56. The molecule has 2 N–H and O–H groups in total. The van der Waals surface area contributed by atoms with Crippen molar-refractivity contribution in [1.82, 2.24) is 4.98 Å². The van der Waals surface area contributed by atoms with Crippen LogP contribution in [0.1, 0.15) is 0 Å². The number of anilines is 2. The van der Waals surface area contributed by atoms with E-state index in [0.29, 0.717) is 11.4 Å². The average Bonchev–Trinajstić information content (AvgIpc) is 2.49. The normalized spacial score (nSPS) is 11.2. The van der Waals surface area contributed by atoms with Crippen LogP contribution in [0, 0.1) is 0 Å². The van der Waals surface area contributed by atoms with Gasteiger partial charge >= 0.3 is 0 Å². The molecule has 1 aromatic heterocycles. The number of nitrogens with zero attached hydrogens (tertiary/aromatic N) is 2. The number of benzene rings is 1. The van der Waals surface area contributed by atoms with Crippen LogP contribution in [0.15, 0.2) is 41.4 Å². The minimum Gasteiger partial charge on any atom is -0.495 e. The first-order chi connectivity index (χ1) is 9.87. The van der Waals surface area contributed by atoms with E-state index < -0.39 is 10.0 Å². The second kappa shape index (κ2) is 5.79. The van der Waals surface area contributed by atoms with E-state index in [1.54, 1.807) is 24.3 Å². The summed E-state index contributed by atoms with van der Waals surface area (Å²) in [7, 11) is -0.912. The Bertz CT molecular complexity index is 765. The van der Waals surface area contributed by atoms with Crippen LogP contribution in [0.5, 0.6) is 5.75 Å². The van der Waals surface area contributed by atoms with Crippen molar-refractivity contribution >= 4 is 33.1 Å². The lowest BCUT2D eigenvalue weighted by Gasteiger charge is -2.21. The summed E-state index contributed by atoms with van der Waals surface area (Å²) < 4.78 is 31.5. The van der Waals surface area contributed by atoms with Gasteiger partial charge in [0.15, 0.2) is 0 Å². The van der Waals surface area contributed by atoms with Gasteiger partial charge in [-0.2, -0.15) is 0 Å². The lowest BCUT2D eigenvalue weighted by molar-refractivity contribution is 0.416. The molecule has 0 saturated carbocycles. The summed E-state index contributed by atoms with van der Waals surface area (Å²) in [5, 5.41) is 0.0875. The van der Waals surface area contributed by atoms with E-state index in [-0.39, 0.29) is 15.7 Å². The van der Waals surface area contributed by atoms with Crippen molar-refractivity contribution in [3.05, 3.63) is 41.6 Å². The summed E-state index contributed by atoms with van der Waals surface area (Å²) in [6.45, 7) is 0. The van der Waals surface area contributed by atoms with E-state index >= 15 is 0 Å². The van der Waals surface area contributed by atoms with Gasteiger partial charge in [-0.1, -0.05) is 23.7 Å². The summed E-state index contributed by atoms with van der Waals surface area (Å²) in [5.41, 5.74) is 5.90. The highest BCUT2D eigenvalue weighted by Crippen LogP contribution is 2.31. The molecule has 21 heavy (non-hydrogen) atoms. The Balaban J connectivity index is 2.50. The third-order valence-electron chi connectivity index (χ3n) is 2.93. The molecule has 0 aliphatic carbocycles. The standard InChI is InChI=1S/C13H14ClN3O3S/c1-17(11-5-3-4-6-12(11)20-2)21(18,19)9-7-10(14)13(15)16-8-9/h3-8H,1-2H3,(H2,15,16). The maximum atomic E-state index is 12.6. The molecule has 2 aromatic rings. The zero-order chi connectivity index (χ0) is 15.6. The molecule has 0 unspecified atom stereocenters. The summed E-state index contributed by atoms with van der Waals surface area (Å²) >= 11 is 5.83. The number of halogens is 1. The van der Waals surface area contributed by atoms with E-state index in [0.717, 1.165) is 4.31 Å². The second-order valence-electron chi connectivity index (χ2n) is 4.18. The summed E-state index contributed by atoms with van der Waals surface area (Å²) in [4.78, 5) is 3.73. The Morgan fingerprint density at radius 1 is 1.33 bits per heavy atom. The summed E-state index contributed by atoms with van der Waals surface area (Å²) in [6, 6.07) is 8.06. The quantitative estimate of drug-likeness (QED) is 0.930. The third kappa shape index (κ3) is 2.88. The van der Waals surface area contributed by atoms with Crippen molar-refractivity contribution in [1.29, 1.82) is 0 Å². The van der Waals surface area contributed by atoms with Crippen LogP contribution in [0.3, 0.4) is 0 Å². The molecule has 0 bridgehead atoms. The smallest absolute Gasteiger partial charge is 0.265 e. The molecular weight excluding hydrogens is 314 g/mol. The number of sulfonamides is 1. The number of hydrogen-bond acceptors (Lipinski definition) is 5. The summed E-state index contributed by atoms with van der Waals surface area (Å²) in [5.74, 6) is 0.522. The minimum absolute atomic E-state index is 0.0462. The molecule has 2 rings (SSSR count). The highest BCUT2D eigenvalue weighted by molar-refractivity contribution is 7.92. The van der Waals surface area contributed by atoms with Crippen LogP contribution in [0.4, 0.5) is 11.5 Å². The molecule has 0 aliphatic rings. The molecule has 8 heteroatoms. The van der Waals surface area contributed by atoms with E-state index in [1.165, 1.54) is 26.4 Å². The Hall–Kier alpha value is -1.99.